The molecule has 0 bridgehead atoms. The van der Waals surface area contributed by atoms with Crippen LogP contribution in [0.25, 0.3) is 22.3 Å². The number of carbonyl (C=O) groups is 1. The van der Waals surface area contributed by atoms with Crippen LogP contribution in [0.2, 0.25) is 0 Å². The lowest BCUT2D eigenvalue weighted by Crippen LogP contribution is -2.45. The molecule has 1 fully saturated rings. The Kier molecular flexibility index (Phi) is 5.23. The summed E-state index contributed by atoms with van der Waals surface area (Å²) < 4.78 is 28.2. The monoisotopic (exact) mass is 429 g/mol. The topological polar surface area (TPSA) is 86.3 Å². The molecular weight excluding hydrogens is 401 g/mol. The van der Waals surface area contributed by atoms with Crippen molar-refractivity contribution in [3.8, 4) is 11.4 Å². The van der Waals surface area contributed by atoms with Gasteiger partial charge in [-0.1, -0.05) is 17.3 Å². The minimum atomic E-state index is -1.77. The van der Waals surface area contributed by atoms with E-state index in [9.17, 15) is 4.79 Å². The first-order chi connectivity index (χ1) is 14.6. The third kappa shape index (κ3) is 4.26. The van der Waals surface area contributed by atoms with E-state index in [4.69, 9.17) is 9.26 Å². The van der Waals surface area contributed by atoms with Crippen LogP contribution in [0, 0.1) is 0 Å². The first-order valence-electron chi connectivity index (χ1n) is 10.5. The van der Waals surface area contributed by atoms with Crippen molar-refractivity contribution in [1.82, 2.24) is 24.8 Å². The Morgan fingerprint density at radius 2 is 1.97 bits per heavy atom. The van der Waals surface area contributed by atoms with Gasteiger partial charge in [-0.2, -0.15) is 10.1 Å². The summed E-state index contributed by atoms with van der Waals surface area (Å²) in [4.78, 5) is 18.1. The lowest BCUT2D eigenvalue weighted by atomic mass is 9.93. The van der Waals surface area contributed by atoms with Crippen molar-refractivity contribution in [3.63, 3.8) is 0 Å². The van der Waals surface area contributed by atoms with Gasteiger partial charge >= 0.3 is 6.09 Å². The molecule has 4 rings (SSSR count). The van der Waals surface area contributed by atoms with Gasteiger partial charge in [0, 0.05) is 42.9 Å². The SMILES string of the molecule is CC(C)n1ncc2ccc(-c3noc(C4(F)CCN(C(=O)OC(C)(C)C)CC4)n3)cc21. The number of amides is 1. The summed E-state index contributed by atoms with van der Waals surface area (Å²) in [6, 6.07) is 5.96. The molecule has 0 unspecified atom stereocenters. The number of likely N-dealkylation sites (tertiary alicyclic amines) is 1. The highest BCUT2D eigenvalue weighted by Gasteiger charge is 2.43. The van der Waals surface area contributed by atoms with E-state index in [1.807, 2.05) is 29.1 Å². The number of fused-ring (bicyclic) bond motifs is 1. The number of rotatable bonds is 3. The van der Waals surface area contributed by atoms with Crippen molar-refractivity contribution in [1.29, 1.82) is 0 Å². The number of aromatic nitrogens is 4. The zero-order valence-electron chi connectivity index (χ0n) is 18.6. The highest BCUT2D eigenvalue weighted by Crippen LogP contribution is 2.37. The standard InChI is InChI=1S/C22H28FN5O3/c1-14(2)28-17-12-15(6-7-16(17)13-24-28)18-25-19(31-26-18)22(23)8-10-27(11-9-22)20(29)30-21(3,4)5/h6-7,12-14H,8-11H2,1-5H3. The molecule has 8 nitrogen and oxygen atoms in total. The molecule has 1 aliphatic heterocycles. The van der Waals surface area contributed by atoms with Gasteiger partial charge in [-0.25, -0.2) is 9.18 Å². The highest BCUT2D eigenvalue weighted by atomic mass is 19.1. The van der Waals surface area contributed by atoms with Crippen LogP contribution >= 0.6 is 0 Å². The van der Waals surface area contributed by atoms with Gasteiger partial charge in [-0.15, -0.1) is 0 Å². The van der Waals surface area contributed by atoms with E-state index in [1.165, 1.54) is 4.90 Å². The summed E-state index contributed by atoms with van der Waals surface area (Å²) in [6.07, 6.45) is 1.53. The van der Waals surface area contributed by atoms with Crippen LogP contribution in [0.5, 0.6) is 0 Å². The number of ether oxygens (including phenoxy) is 1. The molecule has 1 saturated heterocycles. The summed E-state index contributed by atoms with van der Waals surface area (Å²) in [6.45, 7) is 9.98. The normalized spacial score (nSPS) is 16.8. The molecule has 3 aromatic rings. The van der Waals surface area contributed by atoms with Crippen molar-refractivity contribution in [2.45, 2.75) is 64.8 Å². The maximum absolute atomic E-state index is 15.6. The van der Waals surface area contributed by atoms with E-state index in [0.717, 1.165) is 16.5 Å². The number of alkyl halides is 1. The summed E-state index contributed by atoms with van der Waals surface area (Å²) in [5.74, 6) is 0.281. The number of benzene rings is 1. The molecule has 2 aromatic heterocycles. The van der Waals surface area contributed by atoms with Gasteiger partial charge in [0.15, 0.2) is 5.67 Å². The Labute approximate surface area is 180 Å². The number of piperidine rings is 1. The number of carbonyl (C=O) groups excluding carboxylic acids is 1. The Hall–Kier alpha value is -2.97. The summed E-state index contributed by atoms with van der Waals surface area (Å²) >= 11 is 0. The largest absolute Gasteiger partial charge is 0.444 e. The van der Waals surface area contributed by atoms with Crippen LogP contribution in [0.15, 0.2) is 28.9 Å². The Morgan fingerprint density at radius 3 is 2.61 bits per heavy atom. The maximum atomic E-state index is 15.6. The number of hydrogen-bond acceptors (Lipinski definition) is 6. The van der Waals surface area contributed by atoms with Gasteiger partial charge in [-0.3, -0.25) is 4.68 Å². The van der Waals surface area contributed by atoms with Crippen LogP contribution in [0.3, 0.4) is 0 Å². The van der Waals surface area contributed by atoms with Gasteiger partial charge in [-0.05, 0) is 40.7 Å². The van der Waals surface area contributed by atoms with E-state index >= 15 is 4.39 Å². The molecule has 0 N–H and O–H groups in total. The summed E-state index contributed by atoms with van der Waals surface area (Å²) in [7, 11) is 0. The lowest BCUT2D eigenvalue weighted by Gasteiger charge is -2.35. The average Bonchev–Trinajstić information content (AvgIpc) is 3.34. The second-order valence-corrected chi connectivity index (χ2v) is 9.31. The third-order valence-electron chi connectivity index (χ3n) is 5.36. The molecule has 0 saturated carbocycles. The Balaban J connectivity index is 1.51. The fourth-order valence-electron chi connectivity index (χ4n) is 3.70. The van der Waals surface area contributed by atoms with Crippen molar-refractivity contribution in [2.75, 3.05) is 13.1 Å². The first kappa shape index (κ1) is 21.3. The minimum absolute atomic E-state index is 0.0520. The number of nitrogens with zero attached hydrogens (tertiary/aromatic N) is 5. The zero-order valence-corrected chi connectivity index (χ0v) is 18.6. The molecule has 0 spiro atoms. The quantitative estimate of drug-likeness (QED) is 0.591. The van der Waals surface area contributed by atoms with E-state index < -0.39 is 17.4 Å². The fourth-order valence-corrected chi connectivity index (χ4v) is 3.70. The van der Waals surface area contributed by atoms with Gasteiger partial charge in [0.25, 0.3) is 5.89 Å². The van der Waals surface area contributed by atoms with Gasteiger partial charge in [0.1, 0.15) is 5.60 Å². The lowest BCUT2D eigenvalue weighted by molar-refractivity contribution is -0.00617. The zero-order chi connectivity index (χ0) is 22.4. The van der Waals surface area contributed by atoms with Crippen LogP contribution in [0.4, 0.5) is 9.18 Å². The smallest absolute Gasteiger partial charge is 0.410 e. The number of hydrogen-bond donors (Lipinski definition) is 0. The molecule has 1 aromatic carbocycles. The molecule has 166 valence electrons. The average molecular weight is 429 g/mol. The molecule has 3 heterocycles. The van der Waals surface area contributed by atoms with Crippen LogP contribution in [-0.2, 0) is 10.4 Å². The second-order valence-electron chi connectivity index (χ2n) is 9.31. The van der Waals surface area contributed by atoms with E-state index in [1.54, 1.807) is 20.8 Å². The van der Waals surface area contributed by atoms with E-state index in [2.05, 4.69) is 29.1 Å². The van der Waals surface area contributed by atoms with Crippen LogP contribution < -0.4 is 0 Å². The van der Waals surface area contributed by atoms with Crippen molar-refractivity contribution in [2.24, 2.45) is 0 Å². The van der Waals surface area contributed by atoms with Crippen molar-refractivity contribution in [3.05, 3.63) is 30.3 Å². The van der Waals surface area contributed by atoms with Gasteiger partial charge in [0.2, 0.25) is 5.82 Å². The molecule has 31 heavy (non-hydrogen) atoms. The van der Waals surface area contributed by atoms with Gasteiger partial charge < -0.3 is 14.2 Å². The highest BCUT2D eigenvalue weighted by molar-refractivity contribution is 5.83. The molecule has 0 aliphatic carbocycles. The summed E-state index contributed by atoms with van der Waals surface area (Å²) in [5.41, 5.74) is -0.665. The van der Waals surface area contributed by atoms with Crippen molar-refractivity contribution >= 4 is 17.0 Å². The Bertz CT molecular complexity index is 1090. The third-order valence-corrected chi connectivity index (χ3v) is 5.36. The Morgan fingerprint density at radius 1 is 1.26 bits per heavy atom. The molecule has 9 heteroatoms. The predicted octanol–water partition coefficient (Wildman–Crippen LogP) is 4.86. The molecular formula is C22H28FN5O3. The van der Waals surface area contributed by atoms with Crippen molar-refractivity contribution < 1.29 is 18.4 Å². The van der Waals surface area contributed by atoms with Crippen LogP contribution in [-0.4, -0.2) is 49.6 Å². The van der Waals surface area contributed by atoms with Crippen LogP contribution in [0.1, 0.15) is 59.4 Å². The first-order valence-corrected chi connectivity index (χ1v) is 10.5. The summed E-state index contributed by atoms with van der Waals surface area (Å²) in [5, 5.41) is 9.44. The maximum Gasteiger partial charge on any atom is 0.410 e. The molecule has 0 radical (unpaired) electrons. The van der Waals surface area contributed by atoms with E-state index in [0.29, 0.717) is 5.82 Å². The predicted molar refractivity (Wildman–Crippen MR) is 113 cm³/mol. The fraction of sp³-hybridized carbons (Fsp3) is 0.545. The minimum Gasteiger partial charge on any atom is -0.444 e. The molecule has 1 aliphatic rings. The van der Waals surface area contributed by atoms with Gasteiger partial charge in [0.05, 0.1) is 11.7 Å². The molecule has 0 atom stereocenters. The molecule has 1 amide bonds. The second kappa shape index (κ2) is 7.62. The van der Waals surface area contributed by atoms with E-state index in [-0.39, 0.29) is 37.9 Å². The number of halogens is 1.